The number of anilines is 2. The Labute approximate surface area is 176 Å². The molecule has 0 saturated heterocycles. The summed E-state index contributed by atoms with van der Waals surface area (Å²) in [5.41, 5.74) is 1.77. The number of benzene rings is 2. The van der Waals surface area contributed by atoms with Crippen LogP contribution in [0, 0.1) is 0 Å². The fourth-order valence-electron chi connectivity index (χ4n) is 2.43. The van der Waals surface area contributed by atoms with Crippen LogP contribution in [0.15, 0.2) is 58.9 Å². The van der Waals surface area contributed by atoms with E-state index in [0.29, 0.717) is 33.7 Å². The Morgan fingerprint density at radius 2 is 1.86 bits per heavy atom. The number of nitrogens with zero attached hydrogens (tertiary/aromatic N) is 2. The van der Waals surface area contributed by atoms with Crippen LogP contribution in [0.25, 0.3) is 0 Å². The predicted molar refractivity (Wildman–Crippen MR) is 116 cm³/mol. The molecule has 2 N–H and O–H groups in total. The van der Waals surface area contributed by atoms with Crippen molar-refractivity contribution in [3.05, 3.63) is 60.2 Å². The molecule has 0 radical (unpaired) electrons. The SMILES string of the molecule is COc1cccc(NC(=O)CSc2nnc(NC(=O)CCc3ccccc3)s2)c1. The van der Waals surface area contributed by atoms with E-state index >= 15 is 0 Å². The van der Waals surface area contributed by atoms with Crippen LogP contribution in [0.5, 0.6) is 5.75 Å². The lowest BCUT2D eigenvalue weighted by Gasteiger charge is -2.06. The molecule has 150 valence electrons. The maximum absolute atomic E-state index is 12.1. The summed E-state index contributed by atoms with van der Waals surface area (Å²) < 4.78 is 5.75. The van der Waals surface area contributed by atoms with Gasteiger partial charge in [0.2, 0.25) is 16.9 Å². The summed E-state index contributed by atoms with van der Waals surface area (Å²) in [6, 6.07) is 17.0. The average Bonchev–Trinajstić information content (AvgIpc) is 3.19. The van der Waals surface area contributed by atoms with Crippen molar-refractivity contribution in [1.29, 1.82) is 0 Å². The molecule has 0 aliphatic carbocycles. The Morgan fingerprint density at radius 1 is 1.03 bits per heavy atom. The zero-order valence-corrected chi connectivity index (χ0v) is 17.4. The highest BCUT2D eigenvalue weighted by Crippen LogP contribution is 2.26. The summed E-state index contributed by atoms with van der Waals surface area (Å²) in [5.74, 6) is 0.588. The van der Waals surface area contributed by atoms with Crippen LogP contribution in [0.1, 0.15) is 12.0 Å². The average molecular weight is 429 g/mol. The number of carbonyl (C=O) groups is 2. The van der Waals surface area contributed by atoms with Crippen LogP contribution in [-0.4, -0.2) is 34.9 Å². The Balaban J connectivity index is 1.42. The van der Waals surface area contributed by atoms with E-state index in [1.54, 1.807) is 31.4 Å². The van der Waals surface area contributed by atoms with E-state index in [1.165, 1.54) is 23.1 Å². The third kappa shape index (κ3) is 6.88. The molecule has 0 bridgehead atoms. The summed E-state index contributed by atoms with van der Waals surface area (Å²) in [4.78, 5) is 24.2. The molecule has 0 aliphatic rings. The van der Waals surface area contributed by atoms with Crippen molar-refractivity contribution in [3.8, 4) is 5.75 Å². The molecule has 3 rings (SSSR count). The van der Waals surface area contributed by atoms with Crippen molar-refractivity contribution in [3.63, 3.8) is 0 Å². The number of carbonyl (C=O) groups excluding carboxylic acids is 2. The van der Waals surface area contributed by atoms with E-state index in [0.717, 1.165) is 5.56 Å². The zero-order valence-electron chi connectivity index (χ0n) is 15.8. The van der Waals surface area contributed by atoms with E-state index in [1.807, 2.05) is 30.3 Å². The van der Waals surface area contributed by atoms with E-state index in [2.05, 4.69) is 20.8 Å². The van der Waals surface area contributed by atoms with Crippen LogP contribution in [0.3, 0.4) is 0 Å². The fraction of sp³-hybridized carbons (Fsp3) is 0.200. The summed E-state index contributed by atoms with van der Waals surface area (Å²) in [6.45, 7) is 0. The van der Waals surface area contributed by atoms with Crippen molar-refractivity contribution in [1.82, 2.24) is 10.2 Å². The lowest BCUT2D eigenvalue weighted by molar-refractivity contribution is -0.116. The van der Waals surface area contributed by atoms with E-state index in [-0.39, 0.29) is 17.6 Å². The van der Waals surface area contributed by atoms with Crippen LogP contribution < -0.4 is 15.4 Å². The van der Waals surface area contributed by atoms with Crippen molar-refractivity contribution in [2.45, 2.75) is 17.2 Å². The van der Waals surface area contributed by atoms with Gasteiger partial charge >= 0.3 is 0 Å². The molecule has 1 heterocycles. The van der Waals surface area contributed by atoms with Gasteiger partial charge in [-0.25, -0.2) is 0 Å². The Bertz CT molecular complexity index is 963. The molecule has 9 heteroatoms. The van der Waals surface area contributed by atoms with Gasteiger partial charge in [-0.3, -0.25) is 9.59 Å². The third-order valence-corrected chi connectivity index (χ3v) is 5.79. The highest BCUT2D eigenvalue weighted by atomic mass is 32.2. The number of hydrogen-bond acceptors (Lipinski definition) is 7. The van der Waals surface area contributed by atoms with Crippen molar-refractivity contribution in [2.24, 2.45) is 0 Å². The molecule has 0 spiro atoms. The second-order valence-electron chi connectivity index (χ2n) is 5.98. The molecule has 0 fully saturated rings. The number of aromatic nitrogens is 2. The number of aryl methyl sites for hydroxylation is 1. The minimum absolute atomic E-state index is 0.114. The molecule has 2 aromatic carbocycles. The Morgan fingerprint density at radius 3 is 2.66 bits per heavy atom. The number of ether oxygens (including phenoxy) is 1. The molecule has 1 aromatic heterocycles. The number of nitrogens with one attached hydrogen (secondary N) is 2. The van der Waals surface area contributed by atoms with E-state index in [4.69, 9.17) is 4.74 Å². The minimum atomic E-state index is -0.160. The smallest absolute Gasteiger partial charge is 0.234 e. The molecule has 2 amide bonds. The number of thioether (sulfide) groups is 1. The minimum Gasteiger partial charge on any atom is -0.497 e. The summed E-state index contributed by atoms with van der Waals surface area (Å²) in [5, 5.41) is 14.0. The number of amides is 2. The van der Waals surface area contributed by atoms with Gasteiger partial charge in [-0.15, -0.1) is 10.2 Å². The summed E-state index contributed by atoms with van der Waals surface area (Å²) in [6.07, 6.45) is 1.03. The highest BCUT2D eigenvalue weighted by Gasteiger charge is 2.11. The first-order valence-corrected chi connectivity index (χ1v) is 10.7. The summed E-state index contributed by atoms with van der Waals surface area (Å²) in [7, 11) is 1.57. The molecular formula is C20H20N4O3S2. The van der Waals surface area contributed by atoms with Gasteiger partial charge in [0, 0.05) is 18.2 Å². The lowest BCUT2D eigenvalue weighted by atomic mass is 10.1. The third-order valence-electron chi connectivity index (χ3n) is 3.82. The Hall–Kier alpha value is -2.91. The van der Waals surface area contributed by atoms with Gasteiger partial charge in [0.15, 0.2) is 4.34 Å². The van der Waals surface area contributed by atoms with Gasteiger partial charge in [-0.1, -0.05) is 59.5 Å². The van der Waals surface area contributed by atoms with Crippen molar-refractivity contribution >= 4 is 45.7 Å². The second-order valence-corrected chi connectivity index (χ2v) is 8.18. The number of methoxy groups -OCH3 is 1. The first kappa shape index (κ1) is 20.8. The zero-order chi connectivity index (χ0) is 20.5. The molecular weight excluding hydrogens is 408 g/mol. The van der Waals surface area contributed by atoms with Gasteiger partial charge in [0.05, 0.1) is 12.9 Å². The molecule has 0 unspecified atom stereocenters. The number of hydrogen-bond donors (Lipinski definition) is 2. The molecule has 7 nitrogen and oxygen atoms in total. The molecule has 0 atom stereocenters. The topological polar surface area (TPSA) is 93.2 Å². The normalized spacial score (nSPS) is 10.4. The van der Waals surface area contributed by atoms with Crippen LogP contribution >= 0.6 is 23.1 Å². The van der Waals surface area contributed by atoms with Gasteiger partial charge in [0.25, 0.3) is 0 Å². The van der Waals surface area contributed by atoms with Crippen LogP contribution in [0.2, 0.25) is 0 Å². The van der Waals surface area contributed by atoms with Crippen LogP contribution in [0.4, 0.5) is 10.8 Å². The maximum atomic E-state index is 12.1. The van der Waals surface area contributed by atoms with E-state index in [9.17, 15) is 9.59 Å². The quantitative estimate of drug-likeness (QED) is 0.397. The molecule has 29 heavy (non-hydrogen) atoms. The van der Waals surface area contributed by atoms with Gasteiger partial charge in [-0.2, -0.15) is 0 Å². The predicted octanol–water partition coefficient (Wildman–Crippen LogP) is 3.85. The van der Waals surface area contributed by atoms with Crippen LogP contribution in [-0.2, 0) is 16.0 Å². The number of rotatable bonds is 9. The second kappa shape index (κ2) is 10.6. The van der Waals surface area contributed by atoms with Gasteiger partial charge < -0.3 is 15.4 Å². The van der Waals surface area contributed by atoms with Gasteiger partial charge in [0.1, 0.15) is 5.75 Å². The monoisotopic (exact) mass is 428 g/mol. The van der Waals surface area contributed by atoms with E-state index < -0.39 is 0 Å². The Kier molecular flexibility index (Phi) is 7.60. The maximum Gasteiger partial charge on any atom is 0.234 e. The van der Waals surface area contributed by atoms with Crippen molar-refractivity contribution < 1.29 is 14.3 Å². The molecule has 3 aromatic rings. The van der Waals surface area contributed by atoms with Crippen molar-refractivity contribution in [2.75, 3.05) is 23.5 Å². The first-order chi connectivity index (χ1) is 14.1. The first-order valence-electron chi connectivity index (χ1n) is 8.86. The van der Waals surface area contributed by atoms with Gasteiger partial charge in [-0.05, 0) is 24.1 Å². The molecule has 0 saturated carbocycles. The highest BCUT2D eigenvalue weighted by molar-refractivity contribution is 8.01. The molecule has 0 aliphatic heterocycles. The lowest BCUT2D eigenvalue weighted by Crippen LogP contribution is -2.13. The largest absolute Gasteiger partial charge is 0.497 e. The standard InChI is InChI=1S/C20H20N4O3S2/c1-27-16-9-5-8-15(12-16)21-18(26)13-28-20-24-23-19(29-20)22-17(25)11-10-14-6-3-2-4-7-14/h2-9,12H,10-11,13H2,1H3,(H,21,26)(H,22,23,25). The summed E-state index contributed by atoms with van der Waals surface area (Å²) >= 11 is 2.51. The fourth-order valence-corrected chi connectivity index (χ4v) is 4.00.